The van der Waals surface area contributed by atoms with Gasteiger partial charge in [-0.15, -0.1) is 10.2 Å². The van der Waals surface area contributed by atoms with E-state index in [0.717, 1.165) is 37.0 Å². The minimum Gasteiger partial charge on any atom is -0.497 e. The lowest BCUT2D eigenvalue weighted by atomic mass is 10.1. The van der Waals surface area contributed by atoms with Crippen molar-refractivity contribution < 1.29 is 14.3 Å². The second-order valence-electron chi connectivity index (χ2n) is 6.35. The summed E-state index contributed by atoms with van der Waals surface area (Å²) < 4.78 is 5.20. The van der Waals surface area contributed by atoms with E-state index in [0.29, 0.717) is 10.1 Å². The van der Waals surface area contributed by atoms with Gasteiger partial charge in [0, 0.05) is 11.5 Å². The van der Waals surface area contributed by atoms with Crippen LogP contribution in [-0.2, 0) is 9.59 Å². The number of hydrogen-bond acceptors (Lipinski definition) is 6. The van der Waals surface area contributed by atoms with E-state index in [2.05, 4.69) is 20.8 Å². The number of ether oxygens (including phenoxy) is 1. The molecule has 0 unspecified atom stereocenters. The summed E-state index contributed by atoms with van der Waals surface area (Å²) in [7, 11) is 1.60. The Hall–Kier alpha value is -2.48. The fraction of sp³-hybridized carbons (Fsp3) is 0.444. The molecule has 2 N–H and O–H groups in total. The van der Waals surface area contributed by atoms with E-state index in [1.807, 2.05) is 24.3 Å². The lowest BCUT2D eigenvalue weighted by molar-refractivity contribution is -0.128. The number of nitrogens with zero attached hydrogens (tertiary/aromatic N) is 2. The molecule has 1 aliphatic carbocycles. The topological polar surface area (TPSA) is 93.2 Å². The van der Waals surface area contributed by atoms with Gasteiger partial charge in [0.2, 0.25) is 16.9 Å². The molecule has 1 heterocycles. The van der Waals surface area contributed by atoms with Crippen LogP contribution < -0.4 is 15.4 Å². The van der Waals surface area contributed by atoms with Gasteiger partial charge in [-0.1, -0.05) is 36.3 Å². The van der Waals surface area contributed by atoms with Crippen LogP contribution in [0.15, 0.2) is 24.3 Å². The van der Waals surface area contributed by atoms with Crippen molar-refractivity contribution in [2.45, 2.75) is 38.6 Å². The molecule has 138 valence electrons. The zero-order chi connectivity index (χ0) is 18.5. The van der Waals surface area contributed by atoms with Crippen LogP contribution in [0.3, 0.4) is 0 Å². The monoisotopic (exact) mass is 374 g/mol. The lowest BCUT2D eigenvalue weighted by Gasteiger charge is -2.15. The van der Waals surface area contributed by atoms with Crippen molar-refractivity contribution >= 4 is 28.3 Å². The molecule has 1 fully saturated rings. The number of benzene rings is 1. The van der Waals surface area contributed by atoms with E-state index in [9.17, 15) is 9.59 Å². The van der Waals surface area contributed by atoms with Gasteiger partial charge in [-0.3, -0.25) is 14.9 Å². The molecule has 1 aromatic heterocycles. The summed E-state index contributed by atoms with van der Waals surface area (Å²) >= 11 is 1.27. The van der Waals surface area contributed by atoms with E-state index >= 15 is 0 Å². The molecular formula is C18H22N4O3S. The highest BCUT2D eigenvalue weighted by Crippen LogP contribution is 2.29. The summed E-state index contributed by atoms with van der Waals surface area (Å²) in [5, 5.41) is 14.7. The predicted octanol–water partition coefficient (Wildman–Crippen LogP) is 2.85. The van der Waals surface area contributed by atoms with Gasteiger partial charge in [-0.25, -0.2) is 0 Å². The zero-order valence-electron chi connectivity index (χ0n) is 14.8. The van der Waals surface area contributed by atoms with Gasteiger partial charge in [0.1, 0.15) is 16.8 Å². The number of nitrogens with one attached hydrogen (secondary N) is 2. The molecule has 2 aromatic rings. The first-order valence-electron chi connectivity index (χ1n) is 8.66. The second-order valence-corrected chi connectivity index (χ2v) is 7.32. The predicted molar refractivity (Wildman–Crippen MR) is 100 cm³/mol. The third kappa shape index (κ3) is 4.37. The summed E-state index contributed by atoms with van der Waals surface area (Å²) in [5.41, 5.74) is 0.866. The Labute approximate surface area is 156 Å². The Morgan fingerprint density at radius 2 is 2.04 bits per heavy atom. The maximum Gasteiger partial charge on any atom is 0.248 e. The highest BCUT2D eigenvalue weighted by Gasteiger charge is 2.25. The molecule has 1 aliphatic rings. The van der Waals surface area contributed by atoms with E-state index in [-0.39, 0.29) is 17.7 Å². The number of methoxy groups -OCH3 is 1. The maximum atomic E-state index is 12.3. The first-order chi connectivity index (χ1) is 12.6. The molecule has 8 heteroatoms. The van der Waals surface area contributed by atoms with Crippen molar-refractivity contribution in [1.29, 1.82) is 0 Å². The van der Waals surface area contributed by atoms with Gasteiger partial charge < -0.3 is 10.1 Å². The molecule has 1 aromatic carbocycles. The van der Waals surface area contributed by atoms with Crippen LogP contribution >= 0.6 is 11.3 Å². The Kier molecular flexibility index (Phi) is 5.82. The van der Waals surface area contributed by atoms with Gasteiger partial charge in [-0.2, -0.15) is 0 Å². The summed E-state index contributed by atoms with van der Waals surface area (Å²) in [6, 6.07) is 6.86. The molecule has 1 atom stereocenters. The molecule has 26 heavy (non-hydrogen) atoms. The number of amides is 2. The molecule has 0 saturated heterocycles. The number of carbonyl (C=O) groups excluding carboxylic acids is 2. The summed E-state index contributed by atoms with van der Waals surface area (Å²) in [6.45, 7) is 1.67. The largest absolute Gasteiger partial charge is 0.497 e. The molecule has 1 saturated carbocycles. The molecule has 7 nitrogen and oxygen atoms in total. The first-order valence-corrected chi connectivity index (χ1v) is 9.47. The van der Waals surface area contributed by atoms with Crippen molar-refractivity contribution in [3.05, 3.63) is 24.3 Å². The number of rotatable bonds is 6. The Morgan fingerprint density at radius 1 is 1.27 bits per heavy atom. The first kappa shape index (κ1) is 18.3. The fourth-order valence-electron chi connectivity index (χ4n) is 2.94. The van der Waals surface area contributed by atoms with E-state index in [4.69, 9.17) is 4.74 Å². The van der Waals surface area contributed by atoms with Gasteiger partial charge in [0.15, 0.2) is 0 Å². The fourth-order valence-corrected chi connectivity index (χ4v) is 3.69. The van der Waals surface area contributed by atoms with Crippen molar-refractivity contribution in [3.63, 3.8) is 0 Å². The van der Waals surface area contributed by atoms with E-state index in [1.54, 1.807) is 14.0 Å². The molecule has 0 aliphatic heterocycles. The third-order valence-corrected chi connectivity index (χ3v) is 5.34. The molecule has 0 spiro atoms. The van der Waals surface area contributed by atoms with Gasteiger partial charge in [-0.05, 0) is 31.9 Å². The number of carbonyl (C=O) groups is 2. The van der Waals surface area contributed by atoms with Gasteiger partial charge in [0.25, 0.3) is 0 Å². The summed E-state index contributed by atoms with van der Waals surface area (Å²) in [4.78, 5) is 24.4. The zero-order valence-corrected chi connectivity index (χ0v) is 15.6. The van der Waals surface area contributed by atoms with Crippen LogP contribution in [-0.4, -0.2) is 35.2 Å². The number of anilines is 1. The van der Waals surface area contributed by atoms with Crippen LogP contribution in [0, 0.1) is 5.92 Å². The van der Waals surface area contributed by atoms with Gasteiger partial charge >= 0.3 is 0 Å². The average molecular weight is 374 g/mol. The third-order valence-electron chi connectivity index (χ3n) is 4.45. The summed E-state index contributed by atoms with van der Waals surface area (Å²) in [6.07, 6.45) is 3.97. The van der Waals surface area contributed by atoms with E-state index in [1.165, 1.54) is 11.3 Å². The van der Waals surface area contributed by atoms with Gasteiger partial charge in [0.05, 0.1) is 7.11 Å². The minimum atomic E-state index is -0.618. The highest BCUT2D eigenvalue weighted by atomic mass is 32.1. The van der Waals surface area contributed by atoms with Crippen LogP contribution in [0.1, 0.15) is 32.6 Å². The minimum absolute atomic E-state index is 0.0337. The van der Waals surface area contributed by atoms with E-state index < -0.39 is 6.04 Å². The van der Waals surface area contributed by atoms with Crippen LogP contribution in [0.5, 0.6) is 5.75 Å². The summed E-state index contributed by atoms with van der Waals surface area (Å²) in [5.74, 6) is 0.419. The SMILES string of the molecule is COc1cccc(-c2nnc(NC(=O)[C@H](C)NC(=O)C3CCCC3)s2)c1. The molecule has 3 rings (SSSR count). The quantitative estimate of drug-likeness (QED) is 0.811. The van der Waals surface area contributed by atoms with Crippen molar-refractivity contribution in [3.8, 4) is 16.3 Å². The highest BCUT2D eigenvalue weighted by molar-refractivity contribution is 7.18. The maximum absolute atomic E-state index is 12.3. The normalized spacial score (nSPS) is 15.5. The second kappa shape index (κ2) is 8.27. The molecule has 2 amide bonds. The Bertz CT molecular complexity index is 786. The Balaban J connectivity index is 1.59. The molecular weight excluding hydrogens is 352 g/mol. The van der Waals surface area contributed by atoms with Crippen molar-refractivity contribution in [1.82, 2.24) is 15.5 Å². The van der Waals surface area contributed by atoms with Crippen molar-refractivity contribution in [2.24, 2.45) is 5.92 Å². The molecule has 0 radical (unpaired) electrons. The van der Waals surface area contributed by atoms with Crippen LogP contribution in [0.2, 0.25) is 0 Å². The number of hydrogen-bond donors (Lipinski definition) is 2. The van der Waals surface area contributed by atoms with Crippen LogP contribution in [0.4, 0.5) is 5.13 Å². The van der Waals surface area contributed by atoms with Crippen LogP contribution in [0.25, 0.3) is 10.6 Å². The average Bonchev–Trinajstić information content (AvgIpc) is 3.33. The Morgan fingerprint density at radius 3 is 2.77 bits per heavy atom. The molecule has 0 bridgehead atoms. The lowest BCUT2D eigenvalue weighted by Crippen LogP contribution is -2.43. The number of aromatic nitrogens is 2. The smallest absolute Gasteiger partial charge is 0.248 e. The standard InChI is InChI=1S/C18H22N4O3S/c1-11(19-16(24)12-6-3-4-7-12)15(23)20-18-22-21-17(26-18)13-8-5-9-14(10-13)25-2/h5,8-12H,3-4,6-7H2,1-2H3,(H,19,24)(H,20,22,23)/t11-/m0/s1. The van der Waals surface area contributed by atoms with Crippen molar-refractivity contribution in [2.75, 3.05) is 12.4 Å².